The molecule has 1 aromatic heterocycles. The molecule has 11 rings (SSSR count). The number of benzene rings is 9. The Kier molecular flexibility index (Phi) is 3.30. The van der Waals surface area contributed by atoms with E-state index in [9.17, 15) is 16.4 Å². The molecule has 262 valence electrons. The third kappa shape index (κ3) is 4.47. The first kappa shape index (κ1) is 15.7. The first-order valence-corrected chi connectivity index (χ1v) is 17.4. The van der Waals surface area contributed by atoms with Gasteiger partial charge in [-0.25, -0.2) is 0 Å². The van der Waals surface area contributed by atoms with E-state index in [1.807, 2.05) is 0 Å². The van der Waals surface area contributed by atoms with Gasteiger partial charge in [0.15, 0.2) is 0 Å². The van der Waals surface area contributed by atoms with Crippen molar-refractivity contribution in [3.63, 3.8) is 0 Å². The van der Waals surface area contributed by atoms with E-state index < -0.39 is 194 Å². The number of furan rings is 1. The summed E-state index contributed by atoms with van der Waals surface area (Å²) in [6.07, 6.45) is 0. The van der Waals surface area contributed by atoms with Gasteiger partial charge in [0.05, 0.1) is 34.3 Å². The molecule has 0 saturated heterocycles. The van der Waals surface area contributed by atoms with E-state index in [-0.39, 0.29) is 89.3 Å². The summed E-state index contributed by atoms with van der Waals surface area (Å²) in [5.74, 6) is 0. The van der Waals surface area contributed by atoms with Gasteiger partial charge in [-0.1, -0.05) is 147 Å². The topological polar surface area (TPSA) is 13.1 Å². The van der Waals surface area contributed by atoms with Gasteiger partial charge in [-0.2, -0.15) is 0 Å². The smallest absolute Gasteiger partial charge is 0.136 e. The van der Waals surface area contributed by atoms with Gasteiger partial charge in [0, 0.05) is 16.2 Å². The molecule has 9 aromatic carbocycles. The van der Waals surface area contributed by atoms with Crippen molar-refractivity contribution in [3.05, 3.63) is 179 Å². The van der Waals surface area contributed by atoms with Crippen LogP contribution in [-0.2, 0) is 5.41 Å². The lowest BCUT2D eigenvalue weighted by Gasteiger charge is -2.23. The Hall–Kier alpha value is -6.44. The molecule has 0 fully saturated rings. The summed E-state index contributed by atoms with van der Waals surface area (Å²) in [5.41, 5.74) is -5.26. The first-order valence-electron chi connectivity index (χ1n) is 29.9. The zero-order valence-corrected chi connectivity index (χ0v) is 29.9. The van der Waals surface area contributed by atoms with E-state index in [0.717, 1.165) is 0 Å². The molecule has 0 radical (unpaired) electrons. The lowest BCUT2D eigenvalue weighted by atomic mass is 9.80. The van der Waals surface area contributed by atoms with Crippen LogP contribution in [0.25, 0.3) is 98.8 Å². The summed E-state index contributed by atoms with van der Waals surface area (Å²) in [7, 11) is 0. The van der Waals surface area contributed by atoms with Gasteiger partial charge < -0.3 is 4.42 Å². The van der Waals surface area contributed by atoms with E-state index in [1.165, 1.54) is 20.8 Å². The number of rotatable bonds is 3. The fraction of sp³-hybridized carbons (Fsp3) is 0.111. The van der Waals surface area contributed by atoms with Crippen LogP contribution in [-0.4, -0.2) is 0 Å². The maximum absolute atomic E-state index is 10.00. The van der Waals surface area contributed by atoms with Crippen LogP contribution in [0.1, 0.15) is 75.9 Å². The molecule has 0 spiro atoms. The Morgan fingerprint density at radius 2 is 1.02 bits per heavy atom. The highest BCUT2D eigenvalue weighted by Gasteiger charge is 2.35. The molecular weight excluding hydrogens is 665 g/mol. The van der Waals surface area contributed by atoms with E-state index in [0.29, 0.717) is 0 Å². The average molecular weight is 730 g/mol. The van der Waals surface area contributed by atoms with E-state index in [1.54, 1.807) is 13.8 Å². The minimum Gasteiger partial charge on any atom is -0.456 e. The fourth-order valence-electron chi connectivity index (χ4n) is 8.06. The lowest BCUT2D eigenvalue weighted by Crippen LogP contribution is -2.14. The Morgan fingerprint density at radius 1 is 0.418 bits per heavy atom. The fourth-order valence-corrected chi connectivity index (χ4v) is 8.06. The number of aryl methyl sites for hydroxylation is 2. The standard InChI is InChI=1S/C54H40O/c1-31-14-12-20-37-33(3)50-49(30-45(31)37)55-48-23-13-21-38(53(48)50)34-24-26-36(32(2)28-34)52-43-18-8-6-16-41(43)51(42-17-7-9-19-44(42)52)35-25-27-40-39-15-10-11-22-46(39)54(4,5)47(40)29-35/h6-30H,1-5H3/i6D,7D,8D,9D,10D,11D,12D,13D,14D,15D,16D,17D,18D,19D,20D,21D,22D,23D,24D,25D,26D,27D,28D,29D,30D. The maximum Gasteiger partial charge on any atom is 0.136 e. The molecule has 0 aliphatic heterocycles. The summed E-state index contributed by atoms with van der Waals surface area (Å²) in [5, 5.41) is -2.17. The van der Waals surface area contributed by atoms with Gasteiger partial charge in [0.2, 0.25) is 0 Å². The monoisotopic (exact) mass is 729 g/mol. The minimum atomic E-state index is -1.51. The van der Waals surface area contributed by atoms with Crippen molar-refractivity contribution in [2.45, 2.75) is 40.0 Å². The molecule has 55 heavy (non-hydrogen) atoms. The van der Waals surface area contributed by atoms with Crippen LogP contribution < -0.4 is 0 Å². The SMILES string of the molecule is [2H]c1c([2H])c([2H])c2c(c1[2H])-c1c([2H])c([2H])c(-c3c4c([2H])c([2H])c([2H])c([2H])c4c(-c4c([2H])c([2H])c(-c5c([2H])c([2H])c([2H])c6oc7c([2H])c8c(C)c([2H])c([2H])c([2H])c8c(C)c7c56)c([2H])c4C)c4c([2H])c([2H])c([2H])c([2H])c34)c([2H])c1C2(C)C. The quantitative estimate of drug-likeness (QED) is 0.165. The second-order valence-electron chi connectivity index (χ2n) is 14.1. The van der Waals surface area contributed by atoms with Crippen molar-refractivity contribution >= 4 is 54.3 Å². The number of hydrogen-bond acceptors (Lipinski definition) is 1. The van der Waals surface area contributed by atoms with Crippen LogP contribution >= 0.6 is 0 Å². The molecule has 0 bridgehead atoms. The normalized spacial score (nSPS) is 19.7. The molecule has 10 aromatic rings. The van der Waals surface area contributed by atoms with Crippen molar-refractivity contribution in [2.75, 3.05) is 0 Å². The summed E-state index contributed by atoms with van der Waals surface area (Å²) in [4.78, 5) is 0. The van der Waals surface area contributed by atoms with Crippen LogP contribution in [0, 0.1) is 20.8 Å². The predicted molar refractivity (Wildman–Crippen MR) is 234 cm³/mol. The zero-order chi connectivity index (χ0) is 58.9. The Bertz CT molecular complexity index is 4600. The van der Waals surface area contributed by atoms with Gasteiger partial charge in [-0.3, -0.25) is 0 Å². The summed E-state index contributed by atoms with van der Waals surface area (Å²) in [6.45, 7) is 7.42. The summed E-state index contributed by atoms with van der Waals surface area (Å²) >= 11 is 0. The minimum absolute atomic E-state index is 0.00650. The Labute approximate surface area is 356 Å². The number of fused-ring (bicyclic) bond motifs is 9. The highest BCUT2D eigenvalue weighted by Crippen LogP contribution is 2.52. The van der Waals surface area contributed by atoms with Crippen LogP contribution in [0.4, 0.5) is 0 Å². The average Bonchev–Trinajstić information content (AvgIpc) is 4.14. The third-order valence-electron chi connectivity index (χ3n) is 10.7. The van der Waals surface area contributed by atoms with E-state index in [2.05, 4.69) is 0 Å². The van der Waals surface area contributed by atoms with Crippen molar-refractivity contribution in [3.8, 4) is 44.5 Å². The van der Waals surface area contributed by atoms with E-state index >= 15 is 0 Å². The van der Waals surface area contributed by atoms with Crippen molar-refractivity contribution in [1.82, 2.24) is 0 Å². The van der Waals surface area contributed by atoms with Gasteiger partial charge in [0.25, 0.3) is 0 Å². The van der Waals surface area contributed by atoms with Gasteiger partial charge >= 0.3 is 0 Å². The van der Waals surface area contributed by atoms with Crippen molar-refractivity contribution in [2.24, 2.45) is 0 Å². The van der Waals surface area contributed by atoms with Crippen LogP contribution in [0.5, 0.6) is 0 Å². The van der Waals surface area contributed by atoms with Gasteiger partial charge in [0.1, 0.15) is 11.2 Å². The van der Waals surface area contributed by atoms with E-state index in [4.69, 9.17) is 22.2 Å². The zero-order valence-electron chi connectivity index (χ0n) is 54.9. The lowest BCUT2D eigenvalue weighted by molar-refractivity contribution is 0.660. The molecule has 1 aliphatic rings. The molecule has 1 heterocycles. The summed E-state index contributed by atoms with van der Waals surface area (Å²) < 4.78 is 237. The van der Waals surface area contributed by atoms with Crippen molar-refractivity contribution < 1.29 is 38.7 Å². The molecule has 0 unspecified atom stereocenters. The first-order chi connectivity index (χ1) is 37.2. The largest absolute Gasteiger partial charge is 0.456 e. The number of hydrogen-bond donors (Lipinski definition) is 0. The second-order valence-corrected chi connectivity index (χ2v) is 14.1. The van der Waals surface area contributed by atoms with Gasteiger partial charge in [-0.05, 0) is 144 Å². The van der Waals surface area contributed by atoms with Crippen LogP contribution in [0.15, 0.2) is 155 Å². The molecule has 0 N–H and O–H groups in total. The van der Waals surface area contributed by atoms with Gasteiger partial charge in [-0.15, -0.1) is 0 Å². The highest BCUT2D eigenvalue weighted by atomic mass is 16.3. The van der Waals surface area contributed by atoms with Crippen LogP contribution in [0.2, 0.25) is 0 Å². The molecule has 0 atom stereocenters. The molecular formula is C54H40O. The molecule has 0 amide bonds. The molecule has 1 nitrogen and oxygen atoms in total. The Balaban J connectivity index is 1.33. The highest BCUT2D eigenvalue weighted by molar-refractivity contribution is 6.22. The molecule has 0 saturated carbocycles. The predicted octanol–water partition coefficient (Wildman–Crippen LogP) is 15.3. The molecule has 1 heteroatoms. The third-order valence-corrected chi connectivity index (χ3v) is 10.7. The van der Waals surface area contributed by atoms with Crippen molar-refractivity contribution in [1.29, 1.82) is 0 Å². The second kappa shape index (κ2) is 11.5. The van der Waals surface area contributed by atoms with Crippen LogP contribution in [0.3, 0.4) is 0 Å². The molecule has 1 aliphatic carbocycles. The maximum atomic E-state index is 10.00. The Morgan fingerprint density at radius 3 is 1.78 bits per heavy atom. The summed E-state index contributed by atoms with van der Waals surface area (Å²) in [6, 6.07) is -17.2.